The van der Waals surface area contributed by atoms with Crippen LogP contribution in [-0.4, -0.2) is 14.7 Å². The Hall–Kier alpha value is -3.58. The number of thiocarbonyl (C=S) groups is 1. The monoisotopic (exact) mass is 460 g/mol. The Morgan fingerprint density at radius 3 is 2.15 bits per heavy atom. The molecule has 1 saturated heterocycles. The molecule has 4 nitrogen and oxygen atoms in total. The van der Waals surface area contributed by atoms with Crippen LogP contribution in [0.4, 0.5) is 14.5 Å². The summed E-state index contributed by atoms with van der Waals surface area (Å²) in [5.74, 6) is -0.672. The summed E-state index contributed by atoms with van der Waals surface area (Å²) in [4.78, 5) is 6.35. The van der Waals surface area contributed by atoms with Gasteiger partial charge in [0.2, 0.25) is 0 Å². The predicted octanol–water partition coefficient (Wildman–Crippen LogP) is 5.94. The molecule has 0 bridgehead atoms. The number of aromatic nitrogens is 2. The fraction of sp³-hybridized carbons (Fsp3) is 0.154. The number of hydrogen-bond acceptors (Lipinski definition) is 2. The van der Waals surface area contributed by atoms with Gasteiger partial charge in [-0.05, 0) is 74.1 Å². The molecule has 1 fully saturated rings. The summed E-state index contributed by atoms with van der Waals surface area (Å²) in [6.45, 7) is 3.89. The van der Waals surface area contributed by atoms with Gasteiger partial charge in [0.05, 0.1) is 29.2 Å². The molecule has 0 saturated carbocycles. The van der Waals surface area contributed by atoms with Gasteiger partial charge in [-0.2, -0.15) is 0 Å². The van der Waals surface area contributed by atoms with Crippen LogP contribution in [0.3, 0.4) is 0 Å². The van der Waals surface area contributed by atoms with E-state index in [1.54, 1.807) is 41.4 Å². The zero-order valence-electron chi connectivity index (χ0n) is 18.2. The largest absolute Gasteiger partial charge is 0.351 e. The van der Waals surface area contributed by atoms with Crippen molar-refractivity contribution in [3.63, 3.8) is 0 Å². The number of anilines is 1. The van der Waals surface area contributed by atoms with Gasteiger partial charge in [-0.1, -0.05) is 30.3 Å². The van der Waals surface area contributed by atoms with E-state index >= 15 is 0 Å². The summed E-state index contributed by atoms with van der Waals surface area (Å²) in [6, 6.07) is 20.3. The molecule has 7 heteroatoms. The van der Waals surface area contributed by atoms with Crippen LogP contribution >= 0.6 is 12.2 Å². The number of benzene rings is 2. The lowest BCUT2D eigenvalue weighted by Gasteiger charge is -2.28. The molecule has 166 valence electrons. The molecule has 0 spiro atoms. The van der Waals surface area contributed by atoms with Crippen LogP contribution in [0.25, 0.3) is 5.69 Å². The number of nitrogens with one attached hydrogen (secondary N) is 1. The van der Waals surface area contributed by atoms with E-state index in [-0.39, 0.29) is 23.7 Å². The summed E-state index contributed by atoms with van der Waals surface area (Å²) in [7, 11) is 0. The maximum atomic E-state index is 14.9. The Morgan fingerprint density at radius 1 is 0.879 bits per heavy atom. The third-order valence-electron chi connectivity index (χ3n) is 6.09. The molecule has 1 aliphatic rings. The van der Waals surface area contributed by atoms with Crippen molar-refractivity contribution < 1.29 is 8.78 Å². The SMILES string of the molecule is Cc1cc([C@H]2[C@@H](c3ccccn3)NC(=S)N2c2ccccc2F)c(C)n1-c1ccccc1F. The number of nitrogens with zero attached hydrogens (tertiary/aromatic N) is 3. The highest BCUT2D eigenvalue weighted by atomic mass is 32.1. The quantitative estimate of drug-likeness (QED) is 0.382. The number of aryl methyl sites for hydroxylation is 1. The number of rotatable bonds is 4. The first kappa shape index (κ1) is 21.3. The van der Waals surface area contributed by atoms with E-state index in [2.05, 4.69) is 10.3 Å². The number of halogens is 2. The van der Waals surface area contributed by atoms with Gasteiger partial charge in [-0.15, -0.1) is 0 Å². The van der Waals surface area contributed by atoms with Crippen LogP contribution in [-0.2, 0) is 0 Å². The second-order valence-electron chi connectivity index (χ2n) is 8.06. The minimum atomic E-state index is -0.379. The van der Waals surface area contributed by atoms with Crippen molar-refractivity contribution in [3.05, 3.63) is 113 Å². The second kappa shape index (κ2) is 8.41. The van der Waals surface area contributed by atoms with Crippen LogP contribution < -0.4 is 10.2 Å². The average Bonchev–Trinajstić information content (AvgIpc) is 3.30. The Kier molecular flexibility index (Phi) is 5.42. The highest BCUT2D eigenvalue weighted by Gasteiger charge is 2.43. The second-order valence-corrected chi connectivity index (χ2v) is 8.45. The molecule has 3 heterocycles. The molecule has 33 heavy (non-hydrogen) atoms. The smallest absolute Gasteiger partial charge is 0.174 e. The summed E-state index contributed by atoms with van der Waals surface area (Å²) in [5.41, 5.74) is 4.30. The summed E-state index contributed by atoms with van der Waals surface area (Å²) in [5, 5.41) is 3.76. The van der Waals surface area contributed by atoms with Crippen LogP contribution in [0.5, 0.6) is 0 Å². The third-order valence-corrected chi connectivity index (χ3v) is 6.41. The number of para-hydroxylation sites is 2. The van der Waals surface area contributed by atoms with Gasteiger partial charge in [-0.25, -0.2) is 8.78 Å². The van der Waals surface area contributed by atoms with Gasteiger partial charge in [0.1, 0.15) is 11.6 Å². The molecular weight excluding hydrogens is 438 g/mol. The molecule has 1 aliphatic heterocycles. The van der Waals surface area contributed by atoms with Crippen LogP contribution in [0.15, 0.2) is 79.0 Å². The maximum absolute atomic E-state index is 14.9. The van der Waals surface area contributed by atoms with Gasteiger partial charge in [-0.3, -0.25) is 4.98 Å². The topological polar surface area (TPSA) is 33.1 Å². The summed E-state index contributed by atoms with van der Waals surface area (Å²) in [6.07, 6.45) is 1.73. The fourth-order valence-electron chi connectivity index (χ4n) is 4.67. The van der Waals surface area contributed by atoms with E-state index in [1.165, 1.54) is 12.1 Å². The molecule has 0 amide bonds. The molecule has 1 N–H and O–H groups in total. The zero-order valence-corrected chi connectivity index (χ0v) is 19.0. The first-order valence-corrected chi connectivity index (χ1v) is 11.1. The Morgan fingerprint density at radius 2 is 1.52 bits per heavy atom. The van der Waals surface area contributed by atoms with Crippen molar-refractivity contribution in [2.45, 2.75) is 25.9 Å². The Labute approximate surface area is 196 Å². The maximum Gasteiger partial charge on any atom is 0.174 e. The van der Waals surface area contributed by atoms with Gasteiger partial charge < -0.3 is 14.8 Å². The van der Waals surface area contributed by atoms with Crippen LogP contribution in [0.2, 0.25) is 0 Å². The van der Waals surface area contributed by atoms with Crippen molar-refractivity contribution in [2.24, 2.45) is 0 Å². The van der Waals surface area contributed by atoms with Gasteiger partial charge in [0.15, 0.2) is 5.11 Å². The average molecular weight is 461 g/mol. The van der Waals surface area contributed by atoms with Gasteiger partial charge >= 0.3 is 0 Å². The summed E-state index contributed by atoms with van der Waals surface area (Å²) >= 11 is 5.69. The molecule has 5 rings (SSSR count). The van der Waals surface area contributed by atoms with Crippen molar-refractivity contribution in [2.75, 3.05) is 4.90 Å². The number of pyridine rings is 1. The Balaban J connectivity index is 1.71. The molecule has 4 aromatic rings. The first-order chi connectivity index (χ1) is 16.0. The van der Waals surface area contributed by atoms with Gasteiger partial charge in [0, 0.05) is 17.6 Å². The molecule has 2 aromatic heterocycles. The highest BCUT2D eigenvalue weighted by Crippen LogP contribution is 2.44. The standard InChI is InChI=1S/C26H22F2N4S/c1-16-15-18(17(2)31(16)22-12-5-3-9-19(22)27)25-24(21-11-7-8-14-29-21)30-26(33)32(25)23-13-6-4-10-20(23)28/h3-15,24-25H,1-2H3,(H,30,33)/t24-,25+/m1/s1. The zero-order chi connectivity index (χ0) is 23.1. The fourth-order valence-corrected chi connectivity index (χ4v) is 5.01. The van der Waals surface area contributed by atoms with E-state index in [0.717, 1.165) is 22.6 Å². The van der Waals surface area contributed by atoms with Crippen molar-refractivity contribution in [1.82, 2.24) is 14.9 Å². The van der Waals surface area contributed by atoms with Crippen LogP contribution in [0, 0.1) is 25.5 Å². The van der Waals surface area contributed by atoms with Gasteiger partial charge in [0.25, 0.3) is 0 Å². The van der Waals surface area contributed by atoms with E-state index in [4.69, 9.17) is 12.2 Å². The summed E-state index contributed by atoms with van der Waals surface area (Å²) < 4.78 is 31.5. The predicted molar refractivity (Wildman–Crippen MR) is 130 cm³/mol. The molecule has 2 aromatic carbocycles. The van der Waals surface area contributed by atoms with E-state index < -0.39 is 0 Å². The minimum absolute atomic E-state index is 0.307. The lowest BCUT2D eigenvalue weighted by Crippen LogP contribution is -2.30. The van der Waals surface area contributed by atoms with E-state index in [1.807, 2.05) is 48.7 Å². The van der Waals surface area contributed by atoms with Crippen LogP contribution in [0.1, 0.15) is 34.7 Å². The highest BCUT2D eigenvalue weighted by molar-refractivity contribution is 7.80. The lowest BCUT2D eigenvalue weighted by atomic mass is 9.96. The van der Waals surface area contributed by atoms with E-state index in [9.17, 15) is 8.78 Å². The first-order valence-electron chi connectivity index (χ1n) is 10.7. The lowest BCUT2D eigenvalue weighted by molar-refractivity contribution is 0.555. The minimum Gasteiger partial charge on any atom is -0.351 e. The normalized spacial score (nSPS) is 17.9. The van der Waals surface area contributed by atoms with Crippen molar-refractivity contribution in [1.29, 1.82) is 0 Å². The molecular formula is C26H22F2N4S. The Bertz CT molecular complexity index is 1340. The molecule has 0 unspecified atom stereocenters. The third kappa shape index (κ3) is 3.58. The van der Waals surface area contributed by atoms with E-state index in [0.29, 0.717) is 16.5 Å². The van der Waals surface area contributed by atoms with Crippen molar-refractivity contribution >= 4 is 23.0 Å². The number of hydrogen-bond donors (Lipinski definition) is 1. The molecule has 0 aliphatic carbocycles. The van der Waals surface area contributed by atoms with Crippen molar-refractivity contribution in [3.8, 4) is 5.69 Å². The molecule has 2 atom stereocenters. The molecule has 0 radical (unpaired) electrons.